The molecule has 0 saturated carbocycles. The number of hydrogen-bond donors (Lipinski definition) is 3. The standard InChI is InChI=1S/C16H24N2O3/c1-11(2)12(3)10-17-15(21)18-16(4,14(19)20)13-8-6-5-7-9-13/h5-9,11-12H,10H2,1-4H3,(H,19,20)(H2,17,18,21). The van der Waals surface area contributed by atoms with Crippen LogP contribution in [0.5, 0.6) is 0 Å². The van der Waals surface area contributed by atoms with Crippen LogP contribution in [0, 0.1) is 11.8 Å². The number of amides is 2. The van der Waals surface area contributed by atoms with E-state index < -0.39 is 17.5 Å². The fraction of sp³-hybridized carbons (Fsp3) is 0.500. The number of carbonyl (C=O) groups is 2. The second-order valence-electron chi connectivity index (χ2n) is 5.85. The average molecular weight is 292 g/mol. The highest BCUT2D eigenvalue weighted by atomic mass is 16.4. The third-order valence-corrected chi connectivity index (χ3v) is 3.87. The summed E-state index contributed by atoms with van der Waals surface area (Å²) in [5.41, 5.74) is -0.920. The van der Waals surface area contributed by atoms with E-state index in [0.717, 1.165) is 0 Å². The van der Waals surface area contributed by atoms with Crippen molar-refractivity contribution in [2.45, 2.75) is 33.2 Å². The van der Waals surface area contributed by atoms with Crippen molar-refractivity contribution in [3.05, 3.63) is 35.9 Å². The Balaban J connectivity index is 2.76. The van der Waals surface area contributed by atoms with Crippen LogP contribution in [0.4, 0.5) is 4.79 Å². The van der Waals surface area contributed by atoms with Gasteiger partial charge in [0.15, 0.2) is 5.54 Å². The monoisotopic (exact) mass is 292 g/mol. The third-order valence-electron chi connectivity index (χ3n) is 3.87. The molecular formula is C16H24N2O3. The minimum atomic E-state index is -1.45. The van der Waals surface area contributed by atoms with Gasteiger partial charge in [0.05, 0.1) is 0 Å². The van der Waals surface area contributed by atoms with Gasteiger partial charge >= 0.3 is 12.0 Å². The molecule has 5 nitrogen and oxygen atoms in total. The van der Waals surface area contributed by atoms with Crippen molar-refractivity contribution in [1.29, 1.82) is 0 Å². The maximum absolute atomic E-state index is 12.0. The number of aliphatic carboxylic acids is 1. The van der Waals surface area contributed by atoms with E-state index in [1.165, 1.54) is 6.92 Å². The highest BCUT2D eigenvalue weighted by Gasteiger charge is 2.36. The lowest BCUT2D eigenvalue weighted by Gasteiger charge is -2.27. The van der Waals surface area contributed by atoms with Gasteiger partial charge in [0.25, 0.3) is 0 Å². The van der Waals surface area contributed by atoms with Crippen molar-refractivity contribution in [2.75, 3.05) is 6.54 Å². The van der Waals surface area contributed by atoms with Gasteiger partial charge in [-0.1, -0.05) is 51.1 Å². The summed E-state index contributed by atoms with van der Waals surface area (Å²) in [6, 6.07) is 8.19. The Bertz CT molecular complexity index is 488. The third kappa shape index (κ3) is 4.48. The van der Waals surface area contributed by atoms with Crippen molar-refractivity contribution in [3.63, 3.8) is 0 Å². The van der Waals surface area contributed by atoms with Crippen LogP contribution >= 0.6 is 0 Å². The number of carboxylic acids is 1. The second-order valence-corrected chi connectivity index (χ2v) is 5.85. The van der Waals surface area contributed by atoms with Gasteiger partial charge in [-0.15, -0.1) is 0 Å². The first-order valence-corrected chi connectivity index (χ1v) is 7.12. The molecule has 0 fully saturated rings. The van der Waals surface area contributed by atoms with E-state index in [0.29, 0.717) is 23.9 Å². The van der Waals surface area contributed by atoms with E-state index in [1.54, 1.807) is 30.3 Å². The summed E-state index contributed by atoms with van der Waals surface area (Å²) >= 11 is 0. The van der Waals surface area contributed by atoms with Crippen molar-refractivity contribution in [1.82, 2.24) is 10.6 Å². The Morgan fingerprint density at radius 1 is 1.19 bits per heavy atom. The number of carbonyl (C=O) groups excluding carboxylic acids is 1. The molecule has 0 heterocycles. The van der Waals surface area contributed by atoms with E-state index in [2.05, 4.69) is 24.5 Å². The van der Waals surface area contributed by atoms with Crippen LogP contribution in [-0.2, 0) is 10.3 Å². The largest absolute Gasteiger partial charge is 0.479 e. The average Bonchev–Trinajstić information content (AvgIpc) is 2.45. The molecule has 116 valence electrons. The summed E-state index contributed by atoms with van der Waals surface area (Å²) in [4.78, 5) is 23.5. The van der Waals surface area contributed by atoms with Crippen LogP contribution in [0.1, 0.15) is 33.3 Å². The maximum Gasteiger partial charge on any atom is 0.333 e. The Labute approximate surface area is 125 Å². The lowest BCUT2D eigenvalue weighted by Crippen LogP contribution is -2.53. The molecule has 0 aromatic heterocycles. The Hall–Kier alpha value is -2.04. The summed E-state index contributed by atoms with van der Waals surface area (Å²) in [7, 11) is 0. The molecule has 2 unspecified atom stereocenters. The van der Waals surface area contributed by atoms with Gasteiger partial charge in [-0.05, 0) is 24.3 Å². The van der Waals surface area contributed by atoms with Crippen LogP contribution in [0.2, 0.25) is 0 Å². The van der Waals surface area contributed by atoms with Crippen LogP contribution in [0.25, 0.3) is 0 Å². The summed E-state index contributed by atoms with van der Waals surface area (Å²) < 4.78 is 0. The maximum atomic E-state index is 12.0. The molecule has 0 aliphatic carbocycles. The molecule has 3 N–H and O–H groups in total. The minimum Gasteiger partial charge on any atom is -0.479 e. The fourth-order valence-electron chi connectivity index (χ4n) is 1.78. The summed E-state index contributed by atoms with van der Waals surface area (Å²) in [6.07, 6.45) is 0. The van der Waals surface area contributed by atoms with E-state index >= 15 is 0 Å². The summed E-state index contributed by atoms with van der Waals surface area (Å²) in [5, 5.41) is 14.7. The van der Waals surface area contributed by atoms with Crippen molar-refractivity contribution in [2.24, 2.45) is 11.8 Å². The highest BCUT2D eigenvalue weighted by Crippen LogP contribution is 2.20. The fourth-order valence-corrected chi connectivity index (χ4v) is 1.78. The van der Waals surface area contributed by atoms with E-state index in [4.69, 9.17) is 0 Å². The normalized spacial score (nSPS) is 15.1. The van der Waals surface area contributed by atoms with Gasteiger partial charge in [0.1, 0.15) is 0 Å². The van der Waals surface area contributed by atoms with Crippen LogP contribution in [0.3, 0.4) is 0 Å². The molecule has 2 amide bonds. The number of rotatable bonds is 6. The smallest absolute Gasteiger partial charge is 0.333 e. The molecule has 0 spiro atoms. The number of nitrogens with one attached hydrogen (secondary N) is 2. The van der Waals surface area contributed by atoms with Crippen molar-refractivity contribution in [3.8, 4) is 0 Å². The molecule has 21 heavy (non-hydrogen) atoms. The molecule has 2 atom stereocenters. The molecule has 0 aliphatic heterocycles. The van der Waals surface area contributed by atoms with Crippen molar-refractivity contribution >= 4 is 12.0 Å². The predicted molar refractivity (Wildman–Crippen MR) is 82.0 cm³/mol. The summed E-state index contributed by atoms with van der Waals surface area (Å²) in [6.45, 7) is 8.19. The van der Waals surface area contributed by atoms with E-state index in [9.17, 15) is 14.7 Å². The molecule has 5 heteroatoms. The topological polar surface area (TPSA) is 78.4 Å². The predicted octanol–water partition coefficient (Wildman–Crippen LogP) is 2.58. The first kappa shape index (κ1) is 17.0. The molecule has 1 rings (SSSR count). The van der Waals surface area contributed by atoms with Crippen LogP contribution in [0.15, 0.2) is 30.3 Å². The van der Waals surface area contributed by atoms with Crippen molar-refractivity contribution < 1.29 is 14.7 Å². The van der Waals surface area contributed by atoms with Gasteiger partial charge in [0, 0.05) is 6.54 Å². The molecule has 0 radical (unpaired) electrons. The molecule has 1 aromatic carbocycles. The summed E-state index contributed by atoms with van der Waals surface area (Å²) in [5.74, 6) is -0.324. The number of carboxylic acid groups (broad SMARTS) is 1. The molecule has 1 aromatic rings. The van der Waals surface area contributed by atoms with Gasteiger partial charge in [-0.2, -0.15) is 0 Å². The molecule has 0 saturated heterocycles. The second kappa shape index (κ2) is 7.11. The first-order chi connectivity index (χ1) is 9.77. The number of benzene rings is 1. The Morgan fingerprint density at radius 2 is 1.76 bits per heavy atom. The quantitative estimate of drug-likeness (QED) is 0.754. The van der Waals surface area contributed by atoms with Gasteiger partial charge in [0.2, 0.25) is 0 Å². The highest BCUT2D eigenvalue weighted by molar-refractivity contribution is 5.87. The van der Waals surface area contributed by atoms with Gasteiger partial charge < -0.3 is 15.7 Å². The first-order valence-electron chi connectivity index (χ1n) is 7.12. The van der Waals surface area contributed by atoms with Gasteiger partial charge in [-0.25, -0.2) is 9.59 Å². The number of hydrogen-bond acceptors (Lipinski definition) is 2. The zero-order valence-electron chi connectivity index (χ0n) is 13.0. The lowest BCUT2D eigenvalue weighted by atomic mass is 9.92. The molecular weight excluding hydrogens is 268 g/mol. The minimum absolute atomic E-state index is 0.323. The molecule has 0 aliphatic rings. The Morgan fingerprint density at radius 3 is 2.24 bits per heavy atom. The van der Waals surface area contributed by atoms with Gasteiger partial charge in [-0.3, -0.25) is 0 Å². The zero-order valence-corrected chi connectivity index (χ0v) is 13.0. The Kier molecular flexibility index (Phi) is 5.76. The molecule has 0 bridgehead atoms. The van der Waals surface area contributed by atoms with Crippen LogP contribution in [-0.4, -0.2) is 23.7 Å². The number of urea groups is 1. The SMILES string of the molecule is CC(C)C(C)CNC(=O)NC(C)(C(=O)O)c1ccccc1. The lowest BCUT2D eigenvalue weighted by molar-refractivity contribution is -0.144. The van der Waals surface area contributed by atoms with Crippen LogP contribution < -0.4 is 10.6 Å². The van der Waals surface area contributed by atoms with E-state index in [-0.39, 0.29) is 0 Å². The zero-order chi connectivity index (χ0) is 16.0. The van der Waals surface area contributed by atoms with E-state index in [1.807, 2.05) is 6.92 Å².